The Morgan fingerprint density at radius 2 is 2.00 bits per heavy atom. The van der Waals surface area contributed by atoms with Gasteiger partial charge in [0.15, 0.2) is 5.54 Å². The van der Waals surface area contributed by atoms with Gasteiger partial charge in [-0.25, -0.2) is 0 Å². The van der Waals surface area contributed by atoms with Crippen LogP contribution in [0, 0.1) is 6.92 Å². The van der Waals surface area contributed by atoms with E-state index in [1.807, 2.05) is 0 Å². The van der Waals surface area contributed by atoms with E-state index in [4.69, 9.17) is 10.8 Å². The van der Waals surface area contributed by atoms with Gasteiger partial charge in [-0.1, -0.05) is 0 Å². The standard InChI is InChI=1S/C8H10F3NOS/c1-5-2-3-6(14-5)7(12,4-13)8(9,10)11/h2-3,13H,4,12H2,1H3/t7-/m0/s1. The summed E-state index contributed by atoms with van der Waals surface area (Å²) in [5.74, 6) is 0. The number of aliphatic hydroxyl groups excluding tert-OH is 1. The maximum Gasteiger partial charge on any atom is 0.413 e. The second kappa shape index (κ2) is 3.52. The highest BCUT2D eigenvalue weighted by Gasteiger charge is 2.53. The predicted molar refractivity (Wildman–Crippen MR) is 48.1 cm³/mol. The summed E-state index contributed by atoms with van der Waals surface area (Å²) >= 11 is 0.941. The van der Waals surface area contributed by atoms with Crippen LogP contribution in [0.1, 0.15) is 9.75 Å². The van der Waals surface area contributed by atoms with E-state index in [9.17, 15) is 13.2 Å². The summed E-state index contributed by atoms with van der Waals surface area (Å²) in [5, 5.41) is 8.75. The molecule has 14 heavy (non-hydrogen) atoms. The molecule has 1 atom stereocenters. The van der Waals surface area contributed by atoms with Crippen LogP contribution < -0.4 is 5.73 Å². The highest BCUT2D eigenvalue weighted by Crippen LogP contribution is 2.39. The summed E-state index contributed by atoms with van der Waals surface area (Å²) in [5.41, 5.74) is 2.51. The van der Waals surface area contributed by atoms with Crippen LogP contribution in [0.2, 0.25) is 0 Å². The van der Waals surface area contributed by atoms with Gasteiger partial charge in [0, 0.05) is 9.75 Å². The number of aliphatic hydroxyl groups is 1. The maximum atomic E-state index is 12.5. The van der Waals surface area contributed by atoms with Gasteiger partial charge < -0.3 is 10.8 Å². The van der Waals surface area contributed by atoms with Crippen LogP contribution in [0.4, 0.5) is 13.2 Å². The Bertz CT molecular complexity index is 323. The zero-order chi connectivity index (χ0) is 11.0. The van der Waals surface area contributed by atoms with Crippen molar-refractivity contribution >= 4 is 11.3 Å². The minimum atomic E-state index is -4.64. The molecular weight excluding hydrogens is 215 g/mol. The van der Waals surface area contributed by atoms with Gasteiger partial charge in [-0.3, -0.25) is 0 Å². The Hall–Kier alpha value is -0.590. The van der Waals surface area contributed by atoms with E-state index in [-0.39, 0.29) is 4.88 Å². The molecule has 1 aromatic rings. The summed E-state index contributed by atoms with van der Waals surface area (Å²) in [7, 11) is 0. The third-order valence-corrected chi connectivity index (χ3v) is 3.11. The van der Waals surface area contributed by atoms with Gasteiger partial charge in [0.2, 0.25) is 0 Å². The summed E-state index contributed by atoms with van der Waals surface area (Å²) in [6.45, 7) is 0.540. The number of hydrogen-bond donors (Lipinski definition) is 2. The van der Waals surface area contributed by atoms with E-state index in [2.05, 4.69) is 0 Å². The van der Waals surface area contributed by atoms with Crippen LogP contribution >= 0.6 is 11.3 Å². The Morgan fingerprint density at radius 1 is 1.43 bits per heavy atom. The maximum absolute atomic E-state index is 12.5. The van der Waals surface area contributed by atoms with E-state index in [0.29, 0.717) is 0 Å². The lowest BCUT2D eigenvalue weighted by atomic mass is 9.99. The molecule has 0 aliphatic heterocycles. The number of thiophene rings is 1. The number of halogens is 3. The average Bonchev–Trinajstić information content (AvgIpc) is 2.48. The summed E-state index contributed by atoms with van der Waals surface area (Å²) in [6.07, 6.45) is -4.64. The van der Waals surface area contributed by atoms with Crippen LogP contribution in [-0.4, -0.2) is 17.9 Å². The van der Waals surface area contributed by atoms with Crippen molar-refractivity contribution in [2.24, 2.45) is 5.73 Å². The molecule has 0 fully saturated rings. The molecule has 0 aromatic carbocycles. The first-order valence-electron chi connectivity index (χ1n) is 3.84. The van der Waals surface area contributed by atoms with Gasteiger partial charge in [0.1, 0.15) is 0 Å². The lowest BCUT2D eigenvalue weighted by Crippen LogP contribution is -2.52. The van der Waals surface area contributed by atoms with Gasteiger partial charge in [-0.15, -0.1) is 11.3 Å². The van der Waals surface area contributed by atoms with Crippen molar-refractivity contribution in [3.8, 4) is 0 Å². The molecule has 1 aromatic heterocycles. The van der Waals surface area contributed by atoms with Crippen LogP contribution in [0.25, 0.3) is 0 Å². The molecule has 0 spiro atoms. The molecule has 0 radical (unpaired) electrons. The fraction of sp³-hybridized carbons (Fsp3) is 0.500. The Kier molecular flexibility index (Phi) is 2.89. The molecule has 0 unspecified atom stereocenters. The number of alkyl halides is 3. The van der Waals surface area contributed by atoms with Crippen LogP contribution in [0.5, 0.6) is 0 Å². The van der Waals surface area contributed by atoms with E-state index in [1.165, 1.54) is 6.07 Å². The molecule has 0 saturated heterocycles. The first-order chi connectivity index (χ1) is 6.31. The molecule has 1 rings (SSSR count). The quantitative estimate of drug-likeness (QED) is 0.805. The van der Waals surface area contributed by atoms with Crippen LogP contribution in [0.3, 0.4) is 0 Å². The minimum Gasteiger partial charge on any atom is -0.394 e. The molecule has 0 bridgehead atoms. The lowest BCUT2D eigenvalue weighted by Gasteiger charge is -2.28. The molecular formula is C8H10F3NOS. The first-order valence-corrected chi connectivity index (χ1v) is 4.66. The van der Waals surface area contributed by atoms with Gasteiger partial charge in [0.05, 0.1) is 6.61 Å². The molecule has 0 saturated carbocycles. The van der Waals surface area contributed by atoms with Crippen molar-refractivity contribution in [1.29, 1.82) is 0 Å². The molecule has 3 N–H and O–H groups in total. The molecule has 6 heteroatoms. The van der Waals surface area contributed by atoms with Crippen molar-refractivity contribution in [1.82, 2.24) is 0 Å². The average molecular weight is 225 g/mol. The van der Waals surface area contributed by atoms with Crippen molar-refractivity contribution in [2.45, 2.75) is 18.6 Å². The third-order valence-electron chi connectivity index (χ3n) is 1.94. The van der Waals surface area contributed by atoms with Crippen molar-refractivity contribution < 1.29 is 18.3 Å². The lowest BCUT2D eigenvalue weighted by molar-refractivity contribution is -0.198. The zero-order valence-electron chi connectivity index (χ0n) is 7.43. The number of nitrogens with two attached hydrogens (primary N) is 1. The van der Waals surface area contributed by atoms with E-state index in [0.717, 1.165) is 16.2 Å². The van der Waals surface area contributed by atoms with E-state index < -0.39 is 18.3 Å². The molecule has 0 aliphatic rings. The molecule has 2 nitrogen and oxygen atoms in total. The number of rotatable bonds is 2. The first kappa shape index (κ1) is 11.5. The predicted octanol–water partition coefficient (Wildman–Crippen LogP) is 1.77. The summed E-state index contributed by atoms with van der Waals surface area (Å²) in [4.78, 5) is 0.664. The Balaban J connectivity index is 3.14. The zero-order valence-corrected chi connectivity index (χ0v) is 8.25. The van der Waals surface area contributed by atoms with Crippen molar-refractivity contribution in [3.63, 3.8) is 0 Å². The van der Waals surface area contributed by atoms with Crippen molar-refractivity contribution in [3.05, 3.63) is 21.9 Å². The number of aryl methyl sites for hydroxylation is 1. The SMILES string of the molecule is Cc1ccc([C@@](N)(CO)C(F)(F)F)s1. The summed E-state index contributed by atoms with van der Waals surface area (Å²) < 4.78 is 37.6. The highest BCUT2D eigenvalue weighted by atomic mass is 32.1. The second-order valence-corrected chi connectivity index (χ2v) is 4.33. The smallest absolute Gasteiger partial charge is 0.394 e. The van der Waals surface area contributed by atoms with Crippen molar-refractivity contribution in [2.75, 3.05) is 6.61 Å². The third kappa shape index (κ3) is 1.77. The van der Waals surface area contributed by atoms with Gasteiger partial charge in [-0.05, 0) is 19.1 Å². The molecule has 0 amide bonds. The van der Waals surface area contributed by atoms with Crippen LogP contribution in [0.15, 0.2) is 12.1 Å². The topological polar surface area (TPSA) is 46.2 Å². The minimum absolute atomic E-state index is 0.0648. The van der Waals surface area contributed by atoms with Gasteiger partial charge in [-0.2, -0.15) is 13.2 Å². The monoisotopic (exact) mass is 225 g/mol. The highest BCUT2D eigenvalue weighted by molar-refractivity contribution is 7.12. The van der Waals surface area contributed by atoms with Gasteiger partial charge in [0.25, 0.3) is 0 Å². The fourth-order valence-electron chi connectivity index (χ4n) is 0.982. The summed E-state index contributed by atoms with van der Waals surface area (Å²) in [6, 6.07) is 2.84. The second-order valence-electron chi connectivity index (χ2n) is 3.04. The molecule has 80 valence electrons. The largest absolute Gasteiger partial charge is 0.413 e. The van der Waals surface area contributed by atoms with E-state index in [1.54, 1.807) is 13.0 Å². The van der Waals surface area contributed by atoms with Crippen LogP contribution in [-0.2, 0) is 5.54 Å². The molecule has 0 aliphatic carbocycles. The normalized spacial score (nSPS) is 16.7. The number of hydrogen-bond acceptors (Lipinski definition) is 3. The molecule has 1 heterocycles. The Labute approximate surface area is 83.2 Å². The Morgan fingerprint density at radius 3 is 2.29 bits per heavy atom. The van der Waals surface area contributed by atoms with E-state index >= 15 is 0 Å². The van der Waals surface area contributed by atoms with Gasteiger partial charge >= 0.3 is 6.18 Å². The fourth-order valence-corrected chi connectivity index (χ4v) is 1.96.